The van der Waals surface area contributed by atoms with Crippen LogP contribution in [0.5, 0.6) is 0 Å². The van der Waals surface area contributed by atoms with Crippen molar-refractivity contribution in [2.24, 2.45) is 0 Å². The normalized spacial score (nSPS) is 12.7. The first-order valence-electron chi connectivity index (χ1n) is 39.5. The highest BCUT2D eigenvalue weighted by Crippen LogP contribution is 2.20. The highest BCUT2D eigenvalue weighted by atomic mass is 16.7. The monoisotopic (exact) mass is 1260 g/mol. The summed E-state index contributed by atoms with van der Waals surface area (Å²) in [5.74, 6) is -2.25. The van der Waals surface area contributed by atoms with Crippen molar-refractivity contribution in [3.05, 3.63) is 24.3 Å². The van der Waals surface area contributed by atoms with E-state index in [4.69, 9.17) is 18.9 Å². The van der Waals surface area contributed by atoms with Crippen molar-refractivity contribution in [3.63, 3.8) is 0 Å². The van der Waals surface area contributed by atoms with Gasteiger partial charge in [-0.25, -0.2) is 0 Å². The Morgan fingerprint density at radius 2 is 0.573 bits per heavy atom. The smallest absolute Gasteiger partial charge is 0.306 e. The number of quaternary nitrogens is 1. The molecule has 0 aliphatic heterocycles. The Kier molecular flexibility index (Phi) is 69.8. The summed E-state index contributed by atoms with van der Waals surface area (Å²) in [6, 6.07) is 0. The van der Waals surface area contributed by atoms with Crippen molar-refractivity contribution in [3.8, 4) is 0 Å². The minimum absolute atomic E-state index is 0.152. The van der Waals surface area contributed by atoms with Crippen LogP contribution in [-0.4, -0.2) is 82.3 Å². The number of nitrogens with zero attached hydrogens (tertiary/aromatic N) is 1. The van der Waals surface area contributed by atoms with Crippen molar-refractivity contribution in [1.82, 2.24) is 0 Å². The van der Waals surface area contributed by atoms with E-state index >= 15 is 0 Å². The average Bonchev–Trinajstić information content (AvgIpc) is 3.64. The molecule has 0 amide bonds. The molecule has 0 rings (SSSR count). The number of rotatable bonds is 75. The molecule has 0 saturated carbocycles. The molecule has 0 radical (unpaired) electrons. The largest absolute Gasteiger partial charge is 0.545 e. The molecule has 2 atom stereocenters. The second-order valence-corrected chi connectivity index (χ2v) is 28.4. The zero-order chi connectivity index (χ0) is 64.7. The van der Waals surface area contributed by atoms with E-state index in [2.05, 4.69) is 38.2 Å². The highest BCUT2D eigenvalue weighted by Gasteiger charge is 2.22. The summed E-state index contributed by atoms with van der Waals surface area (Å²) in [7, 11) is 5.95. The molecule has 0 aromatic heterocycles. The van der Waals surface area contributed by atoms with Crippen LogP contribution in [0, 0.1) is 0 Å². The van der Waals surface area contributed by atoms with Crippen molar-refractivity contribution in [2.75, 3.05) is 47.5 Å². The van der Waals surface area contributed by atoms with E-state index in [1.54, 1.807) is 0 Å². The lowest BCUT2D eigenvalue weighted by atomic mass is 10.0. The van der Waals surface area contributed by atoms with Crippen molar-refractivity contribution >= 4 is 17.9 Å². The summed E-state index contributed by atoms with van der Waals surface area (Å²) < 4.78 is 22.9. The van der Waals surface area contributed by atoms with Gasteiger partial charge in [0.05, 0.1) is 40.3 Å². The number of carboxylic acid groups (broad SMARTS) is 1. The second kappa shape index (κ2) is 71.6. The number of carboxylic acids is 1. The number of carbonyl (C=O) groups excluding carboxylic acids is 3. The molecule has 0 aromatic carbocycles. The van der Waals surface area contributed by atoms with Gasteiger partial charge < -0.3 is 33.3 Å². The lowest BCUT2D eigenvalue weighted by Gasteiger charge is -2.26. The summed E-state index contributed by atoms with van der Waals surface area (Å²) in [4.78, 5) is 37.6. The Labute approximate surface area is 554 Å². The summed E-state index contributed by atoms with van der Waals surface area (Å²) in [6.45, 7) is 4.83. The van der Waals surface area contributed by atoms with Gasteiger partial charge >= 0.3 is 11.9 Å². The molecule has 9 heteroatoms. The number of unbranched alkanes of at least 4 members (excludes halogenated alkanes) is 56. The fourth-order valence-corrected chi connectivity index (χ4v) is 12.1. The molecule has 0 fully saturated rings. The Balaban J connectivity index is 3.97. The van der Waals surface area contributed by atoms with Gasteiger partial charge in [-0.2, -0.15) is 0 Å². The number of likely N-dealkylation sites (N-methyl/N-ethyl adjacent to an activating group) is 1. The van der Waals surface area contributed by atoms with Crippen LogP contribution in [-0.2, 0) is 33.3 Å². The first-order valence-corrected chi connectivity index (χ1v) is 39.5. The number of hydrogen-bond donors (Lipinski definition) is 0. The van der Waals surface area contributed by atoms with E-state index < -0.39 is 24.3 Å². The van der Waals surface area contributed by atoms with Gasteiger partial charge in [-0.3, -0.25) is 9.59 Å². The van der Waals surface area contributed by atoms with Gasteiger partial charge in [0.2, 0.25) is 0 Å². The SMILES string of the molecule is CCCCCCCCCC/C=C\CCCCCCCCCCCCCCCCCCCCCCCCCC(=O)OC(COC(=O)CCCCCCCCCCCCCCCCCCC/C=C\CCCCCCCCCC)COC(OCC[N+](C)(C)C)C(=O)[O-]. The van der Waals surface area contributed by atoms with Crippen LogP contribution in [0.4, 0.5) is 0 Å². The van der Waals surface area contributed by atoms with E-state index in [0.717, 1.165) is 38.5 Å². The Bertz CT molecular complexity index is 1510. The molecule has 0 heterocycles. The molecule has 2 unspecified atom stereocenters. The molecule has 0 aliphatic carbocycles. The van der Waals surface area contributed by atoms with Crippen LogP contribution >= 0.6 is 0 Å². The van der Waals surface area contributed by atoms with Crippen molar-refractivity contribution < 1.29 is 42.9 Å². The van der Waals surface area contributed by atoms with Crippen molar-refractivity contribution in [2.45, 2.75) is 424 Å². The van der Waals surface area contributed by atoms with E-state index in [9.17, 15) is 19.5 Å². The lowest BCUT2D eigenvalue weighted by Crippen LogP contribution is -2.44. The van der Waals surface area contributed by atoms with Gasteiger partial charge in [0, 0.05) is 12.8 Å². The maximum atomic E-state index is 13.0. The summed E-state index contributed by atoms with van der Waals surface area (Å²) in [5, 5.41) is 11.9. The van der Waals surface area contributed by atoms with Crippen LogP contribution in [0.3, 0.4) is 0 Å². The lowest BCUT2D eigenvalue weighted by molar-refractivity contribution is -0.870. The molecule has 0 aliphatic rings. The molecule has 526 valence electrons. The van der Waals surface area contributed by atoms with Gasteiger partial charge in [-0.05, 0) is 64.2 Å². The van der Waals surface area contributed by atoms with Gasteiger partial charge in [0.15, 0.2) is 12.4 Å². The van der Waals surface area contributed by atoms with Crippen LogP contribution in [0.15, 0.2) is 24.3 Å². The number of aliphatic carboxylic acids is 1. The molecular weight excluding hydrogens is 1100 g/mol. The standard InChI is InChI=1S/C80H153NO8/c1-6-8-10-12-14-16-18-20-22-24-26-28-30-32-34-36-37-38-39-40-41-43-45-47-49-51-53-55-57-59-61-63-65-67-69-71-78(83)89-76(75-88-80(79(84)85)86-73-72-81(3,4)5)74-87-77(82)70-68-66-64-62-60-58-56-54-52-50-48-46-44-42-35-33-31-29-27-25-23-21-19-17-15-13-11-9-7-2/h24-27,76,80H,6-23,28-75H2,1-5H3/b26-24-,27-25-. The highest BCUT2D eigenvalue weighted by molar-refractivity contribution is 5.70. The zero-order valence-electron chi connectivity index (χ0n) is 60.3. The minimum Gasteiger partial charge on any atom is -0.545 e. The molecule has 0 spiro atoms. The molecule has 9 nitrogen and oxygen atoms in total. The summed E-state index contributed by atoms with van der Waals surface area (Å²) >= 11 is 0. The van der Waals surface area contributed by atoms with E-state index in [1.807, 2.05) is 21.1 Å². The maximum Gasteiger partial charge on any atom is 0.306 e. The number of ether oxygens (including phenoxy) is 4. The number of esters is 2. The summed E-state index contributed by atoms with van der Waals surface area (Å²) in [6.07, 6.45) is 87.3. The maximum absolute atomic E-state index is 13.0. The summed E-state index contributed by atoms with van der Waals surface area (Å²) in [5.41, 5.74) is 0. The van der Waals surface area contributed by atoms with E-state index in [0.29, 0.717) is 17.4 Å². The average molecular weight is 1260 g/mol. The fourth-order valence-electron chi connectivity index (χ4n) is 12.1. The van der Waals surface area contributed by atoms with E-state index in [-0.39, 0.29) is 32.2 Å². The van der Waals surface area contributed by atoms with Crippen LogP contribution in [0.25, 0.3) is 0 Å². The third-order valence-electron chi connectivity index (χ3n) is 18.2. The first kappa shape index (κ1) is 86.8. The van der Waals surface area contributed by atoms with Gasteiger partial charge in [0.25, 0.3) is 0 Å². The molecule has 0 bridgehead atoms. The predicted octanol–water partition coefficient (Wildman–Crippen LogP) is 23.6. The van der Waals surface area contributed by atoms with Crippen molar-refractivity contribution in [1.29, 1.82) is 0 Å². The van der Waals surface area contributed by atoms with Gasteiger partial charge in [0.1, 0.15) is 13.2 Å². The topological polar surface area (TPSA) is 111 Å². The fraction of sp³-hybridized carbons (Fsp3) is 0.912. The molecular formula is C80H153NO8. The van der Waals surface area contributed by atoms with Gasteiger partial charge in [-0.15, -0.1) is 0 Å². The van der Waals surface area contributed by atoms with Crippen LogP contribution in [0.2, 0.25) is 0 Å². The first-order chi connectivity index (χ1) is 43.6. The second-order valence-electron chi connectivity index (χ2n) is 28.4. The molecule has 0 saturated heterocycles. The van der Waals surface area contributed by atoms with E-state index in [1.165, 1.54) is 347 Å². The third kappa shape index (κ3) is 73.1. The number of hydrogen-bond acceptors (Lipinski definition) is 8. The quantitative estimate of drug-likeness (QED) is 0.0195. The number of allylic oxidation sites excluding steroid dienone is 4. The number of carbonyl (C=O) groups is 3. The zero-order valence-corrected chi connectivity index (χ0v) is 60.3. The predicted molar refractivity (Wildman–Crippen MR) is 380 cm³/mol. The Morgan fingerprint density at radius 1 is 0.326 bits per heavy atom. The Hall–Kier alpha value is -2.23. The molecule has 0 N–H and O–H groups in total. The van der Waals surface area contributed by atoms with Crippen LogP contribution in [0.1, 0.15) is 412 Å². The van der Waals surface area contributed by atoms with Gasteiger partial charge in [-0.1, -0.05) is 359 Å². The molecule has 89 heavy (non-hydrogen) atoms. The minimum atomic E-state index is -1.62. The molecule has 0 aromatic rings. The van der Waals surface area contributed by atoms with Crippen LogP contribution < -0.4 is 5.11 Å². The third-order valence-corrected chi connectivity index (χ3v) is 18.2. The Morgan fingerprint density at radius 3 is 0.831 bits per heavy atom.